The monoisotopic (exact) mass is 363 g/mol. The van der Waals surface area contributed by atoms with E-state index in [2.05, 4.69) is 59.3 Å². The zero-order valence-corrected chi connectivity index (χ0v) is 15.7. The molecule has 0 amide bonds. The van der Waals surface area contributed by atoms with Crippen LogP contribution in [0.2, 0.25) is 5.02 Å². The lowest BCUT2D eigenvalue weighted by molar-refractivity contribution is 0.111. The first kappa shape index (κ1) is 17.3. The summed E-state index contributed by atoms with van der Waals surface area (Å²) in [5.41, 5.74) is 5.83. The fourth-order valence-electron chi connectivity index (χ4n) is 4.16. The maximum absolute atomic E-state index is 9.39. The SMILES string of the molecule is CN1CCN(C2Cc3ccccc3C(=CC#N)c3ccc(Cl)cc32)CC1. The number of fused-ring (bicyclic) bond motifs is 2. The first-order chi connectivity index (χ1) is 12.7. The third-order valence-electron chi connectivity index (χ3n) is 5.57. The van der Waals surface area contributed by atoms with Gasteiger partial charge in [0.15, 0.2) is 0 Å². The van der Waals surface area contributed by atoms with Gasteiger partial charge in [-0.25, -0.2) is 0 Å². The number of piperazine rings is 1. The molecule has 0 aromatic heterocycles. The highest BCUT2D eigenvalue weighted by atomic mass is 35.5. The summed E-state index contributed by atoms with van der Waals surface area (Å²) in [5, 5.41) is 10.1. The van der Waals surface area contributed by atoms with Gasteiger partial charge in [-0.2, -0.15) is 5.26 Å². The van der Waals surface area contributed by atoms with Crippen molar-refractivity contribution in [1.29, 1.82) is 5.26 Å². The van der Waals surface area contributed by atoms with Crippen molar-refractivity contribution in [1.82, 2.24) is 9.80 Å². The van der Waals surface area contributed by atoms with Crippen molar-refractivity contribution in [3.05, 3.63) is 75.8 Å². The molecular weight excluding hydrogens is 342 g/mol. The van der Waals surface area contributed by atoms with E-state index in [1.165, 1.54) is 11.1 Å². The topological polar surface area (TPSA) is 30.3 Å². The number of rotatable bonds is 1. The first-order valence-electron chi connectivity index (χ1n) is 9.08. The van der Waals surface area contributed by atoms with Gasteiger partial charge in [0.25, 0.3) is 0 Å². The van der Waals surface area contributed by atoms with Crippen molar-refractivity contribution < 1.29 is 0 Å². The van der Waals surface area contributed by atoms with Gasteiger partial charge in [-0.3, -0.25) is 4.90 Å². The van der Waals surface area contributed by atoms with E-state index in [1.54, 1.807) is 6.08 Å². The Morgan fingerprint density at radius 1 is 1.08 bits per heavy atom. The fraction of sp³-hybridized carbons (Fsp3) is 0.318. The lowest BCUT2D eigenvalue weighted by atomic mass is 9.93. The molecule has 0 radical (unpaired) electrons. The Balaban J connectivity index is 1.88. The molecule has 26 heavy (non-hydrogen) atoms. The van der Waals surface area contributed by atoms with Crippen LogP contribution in [0.1, 0.15) is 28.3 Å². The average Bonchev–Trinajstić information content (AvgIpc) is 2.78. The van der Waals surface area contributed by atoms with Crippen LogP contribution in [0.5, 0.6) is 0 Å². The predicted octanol–water partition coefficient (Wildman–Crippen LogP) is 4.14. The van der Waals surface area contributed by atoms with Gasteiger partial charge in [0.05, 0.1) is 6.07 Å². The molecule has 4 heteroatoms. The highest BCUT2D eigenvalue weighted by Gasteiger charge is 2.30. The summed E-state index contributed by atoms with van der Waals surface area (Å²) in [6, 6.07) is 17.1. The number of halogens is 1. The summed E-state index contributed by atoms with van der Waals surface area (Å²) in [5.74, 6) is 0. The Morgan fingerprint density at radius 2 is 1.85 bits per heavy atom. The molecule has 1 heterocycles. The molecular formula is C22H22ClN3. The standard InChI is InChI=1S/C22H22ClN3/c1-25-10-12-26(13-11-25)22-14-16-4-2-3-5-18(16)20(8-9-24)19-7-6-17(23)15-21(19)22/h2-8,15,22H,10-14H2,1H3. The lowest BCUT2D eigenvalue weighted by Gasteiger charge is -2.38. The van der Waals surface area contributed by atoms with Gasteiger partial charge in [0.1, 0.15) is 0 Å². The predicted molar refractivity (Wildman–Crippen MR) is 106 cm³/mol. The van der Waals surface area contributed by atoms with Crippen LogP contribution in [-0.4, -0.2) is 43.0 Å². The van der Waals surface area contributed by atoms with Gasteiger partial charge >= 0.3 is 0 Å². The van der Waals surface area contributed by atoms with E-state index in [4.69, 9.17) is 11.6 Å². The van der Waals surface area contributed by atoms with E-state index < -0.39 is 0 Å². The molecule has 1 saturated heterocycles. The average molecular weight is 364 g/mol. The van der Waals surface area contributed by atoms with E-state index >= 15 is 0 Å². The number of likely N-dealkylation sites (N-methyl/N-ethyl adjacent to an activating group) is 1. The molecule has 0 N–H and O–H groups in total. The Hall–Kier alpha value is -2.12. The molecule has 1 aliphatic heterocycles. The molecule has 2 aliphatic rings. The minimum absolute atomic E-state index is 0.281. The Bertz CT molecular complexity index is 889. The summed E-state index contributed by atoms with van der Waals surface area (Å²) in [6.45, 7) is 4.25. The summed E-state index contributed by atoms with van der Waals surface area (Å²) in [6.07, 6.45) is 2.62. The smallest absolute Gasteiger partial charge is 0.0918 e. The van der Waals surface area contributed by atoms with Gasteiger partial charge in [0.2, 0.25) is 0 Å². The van der Waals surface area contributed by atoms with Crippen LogP contribution >= 0.6 is 11.6 Å². The van der Waals surface area contributed by atoms with Crippen LogP contribution < -0.4 is 0 Å². The van der Waals surface area contributed by atoms with Gasteiger partial charge < -0.3 is 4.90 Å². The molecule has 1 fully saturated rings. The molecule has 1 unspecified atom stereocenters. The normalized spacial score (nSPS) is 22.3. The molecule has 1 atom stereocenters. The largest absolute Gasteiger partial charge is 0.304 e. The van der Waals surface area contributed by atoms with Gasteiger partial charge in [-0.05, 0) is 53.4 Å². The van der Waals surface area contributed by atoms with Crippen molar-refractivity contribution in [2.45, 2.75) is 12.5 Å². The summed E-state index contributed by atoms with van der Waals surface area (Å²) < 4.78 is 0. The zero-order chi connectivity index (χ0) is 18.1. The molecule has 0 bridgehead atoms. The van der Waals surface area contributed by atoms with Gasteiger partial charge in [-0.1, -0.05) is 41.9 Å². The van der Waals surface area contributed by atoms with E-state index in [0.717, 1.165) is 54.3 Å². The van der Waals surface area contributed by atoms with Crippen LogP contribution in [0.4, 0.5) is 0 Å². The lowest BCUT2D eigenvalue weighted by Crippen LogP contribution is -2.46. The van der Waals surface area contributed by atoms with Gasteiger partial charge in [-0.15, -0.1) is 0 Å². The van der Waals surface area contributed by atoms with E-state index in [0.29, 0.717) is 0 Å². The molecule has 132 valence electrons. The first-order valence-corrected chi connectivity index (χ1v) is 9.45. The third kappa shape index (κ3) is 3.17. The molecule has 2 aromatic carbocycles. The van der Waals surface area contributed by atoms with Crippen molar-refractivity contribution in [3.63, 3.8) is 0 Å². The molecule has 2 aromatic rings. The molecule has 0 spiro atoms. The fourth-order valence-corrected chi connectivity index (χ4v) is 4.34. The molecule has 1 aliphatic carbocycles. The minimum Gasteiger partial charge on any atom is -0.304 e. The van der Waals surface area contributed by atoms with E-state index in [-0.39, 0.29) is 6.04 Å². The highest BCUT2D eigenvalue weighted by molar-refractivity contribution is 6.30. The maximum Gasteiger partial charge on any atom is 0.0918 e. The van der Waals surface area contributed by atoms with Crippen LogP contribution in [0.3, 0.4) is 0 Å². The Morgan fingerprint density at radius 3 is 2.62 bits per heavy atom. The van der Waals surface area contributed by atoms with Crippen LogP contribution in [0.25, 0.3) is 5.57 Å². The summed E-state index contributed by atoms with van der Waals surface area (Å²) >= 11 is 6.38. The number of nitrogens with zero attached hydrogens (tertiary/aromatic N) is 3. The number of nitriles is 1. The van der Waals surface area contributed by atoms with Crippen molar-refractivity contribution in [3.8, 4) is 6.07 Å². The highest BCUT2D eigenvalue weighted by Crippen LogP contribution is 2.41. The zero-order valence-electron chi connectivity index (χ0n) is 15.0. The van der Waals surface area contributed by atoms with Crippen molar-refractivity contribution in [2.24, 2.45) is 0 Å². The third-order valence-corrected chi connectivity index (χ3v) is 5.81. The number of hydrogen-bond donors (Lipinski definition) is 0. The minimum atomic E-state index is 0.281. The second-order valence-corrected chi connectivity index (χ2v) is 7.57. The van der Waals surface area contributed by atoms with Crippen molar-refractivity contribution in [2.75, 3.05) is 33.2 Å². The summed E-state index contributed by atoms with van der Waals surface area (Å²) in [4.78, 5) is 4.95. The quantitative estimate of drug-likeness (QED) is 0.713. The summed E-state index contributed by atoms with van der Waals surface area (Å²) in [7, 11) is 2.18. The Labute approximate surface area is 160 Å². The second-order valence-electron chi connectivity index (χ2n) is 7.13. The molecule has 0 saturated carbocycles. The van der Waals surface area contributed by atoms with Crippen LogP contribution in [0.15, 0.2) is 48.5 Å². The van der Waals surface area contributed by atoms with E-state index in [9.17, 15) is 5.26 Å². The van der Waals surface area contributed by atoms with Gasteiger partial charge in [0, 0.05) is 43.3 Å². The second kappa shape index (κ2) is 7.25. The number of allylic oxidation sites excluding steroid dienone is 1. The number of hydrogen-bond acceptors (Lipinski definition) is 3. The molecule has 3 nitrogen and oxygen atoms in total. The maximum atomic E-state index is 9.39. The Kier molecular flexibility index (Phi) is 4.82. The van der Waals surface area contributed by atoms with Crippen LogP contribution in [-0.2, 0) is 6.42 Å². The van der Waals surface area contributed by atoms with Crippen LogP contribution in [0, 0.1) is 11.3 Å². The van der Waals surface area contributed by atoms with E-state index in [1.807, 2.05) is 6.07 Å². The van der Waals surface area contributed by atoms with Crippen molar-refractivity contribution >= 4 is 17.2 Å². The number of benzene rings is 2. The molecule has 4 rings (SSSR count).